The molecule has 0 aliphatic heterocycles. The summed E-state index contributed by atoms with van der Waals surface area (Å²) in [5.74, 6) is 0. The topological polar surface area (TPSA) is 26.7 Å². The minimum Gasteiger partial charge on any atom is -0.387 e. The van der Waals surface area contributed by atoms with Gasteiger partial charge < -0.3 is 10.0 Å². The van der Waals surface area contributed by atoms with Gasteiger partial charge in [0.1, 0.15) is 0 Å². The first kappa shape index (κ1) is 15.2. The van der Waals surface area contributed by atoms with E-state index >= 15 is 0 Å². The molecule has 0 radical (unpaired) electrons. The van der Waals surface area contributed by atoms with E-state index in [0.29, 0.717) is 0 Å². The van der Waals surface area contributed by atoms with Crippen molar-refractivity contribution in [3.05, 3.63) is 35.9 Å². The SMILES string of the molecule is CCC(C(O)c1ccccc1)N(C)CCN(C)C. The standard InChI is InChI=1S/C15H26N2O/c1-5-14(17(4)12-11-16(2)3)15(18)13-9-7-6-8-10-13/h6-10,14-15,18H,5,11-12H2,1-4H3. The Morgan fingerprint density at radius 2 is 1.67 bits per heavy atom. The van der Waals surface area contributed by atoms with Gasteiger partial charge in [0.25, 0.3) is 0 Å². The highest BCUT2D eigenvalue weighted by Crippen LogP contribution is 2.22. The van der Waals surface area contributed by atoms with E-state index in [9.17, 15) is 5.11 Å². The molecule has 102 valence electrons. The van der Waals surface area contributed by atoms with Gasteiger partial charge in [0.05, 0.1) is 6.10 Å². The fourth-order valence-corrected chi connectivity index (χ4v) is 2.17. The van der Waals surface area contributed by atoms with E-state index < -0.39 is 6.10 Å². The van der Waals surface area contributed by atoms with Crippen LogP contribution in [-0.2, 0) is 0 Å². The molecule has 0 aromatic heterocycles. The predicted molar refractivity (Wildman–Crippen MR) is 76.7 cm³/mol. The average molecular weight is 250 g/mol. The Bertz CT molecular complexity index is 327. The molecule has 0 fully saturated rings. The van der Waals surface area contributed by atoms with E-state index in [2.05, 4.69) is 37.9 Å². The Hall–Kier alpha value is -0.900. The van der Waals surface area contributed by atoms with Crippen molar-refractivity contribution >= 4 is 0 Å². The summed E-state index contributed by atoms with van der Waals surface area (Å²) in [6, 6.07) is 10.1. The van der Waals surface area contributed by atoms with E-state index in [1.165, 1.54) is 0 Å². The second kappa shape index (κ2) is 7.52. The van der Waals surface area contributed by atoms with E-state index in [0.717, 1.165) is 25.1 Å². The van der Waals surface area contributed by atoms with Crippen molar-refractivity contribution in [2.75, 3.05) is 34.2 Å². The fourth-order valence-electron chi connectivity index (χ4n) is 2.17. The molecule has 0 saturated carbocycles. The van der Waals surface area contributed by atoms with Crippen LogP contribution in [0.3, 0.4) is 0 Å². The Kier molecular flexibility index (Phi) is 6.33. The van der Waals surface area contributed by atoms with Gasteiger partial charge >= 0.3 is 0 Å². The van der Waals surface area contributed by atoms with Crippen LogP contribution in [0.5, 0.6) is 0 Å². The maximum atomic E-state index is 10.5. The number of hydrogen-bond donors (Lipinski definition) is 1. The van der Waals surface area contributed by atoms with Crippen molar-refractivity contribution in [3.8, 4) is 0 Å². The highest BCUT2D eigenvalue weighted by atomic mass is 16.3. The molecule has 3 heteroatoms. The minimum atomic E-state index is -0.414. The summed E-state index contributed by atoms with van der Waals surface area (Å²) in [6.45, 7) is 4.10. The van der Waals surface area contributed by atoms with Crippen molar-refractivity contribution in [2.45, 2.75) is 25.5 Å². The lowest BCUT2D eigenvalue weighted by Gasteiger charge is -2.32. The van der Waals surface area contributed by atoms with Crippen LogP contribution in [0.25, 0.3) is 0 Å². The molecule has 0 aliphatic rings. The summed E-state index contributed by atoms with van der Waals surface area (Å²) < 4.78 is 0. The second-order valence-corrected chi connectivity index (χ2v) is 5.12. The van der Waals surface area contributed by atoms with Crippen molar-refractivity contribution in [1.82, 2.24) is 9.80 Å². The zero-order valence-electron chi connectivity index (χ0n) is 12.0. The summed E-state index contributed by atoms with van der Waals surface area (Å²) >= 11 is 0. The molecule has 1 rings (SSSR count). The van der Waals surface area contributed by atoms with E-state index in [1.54, 1.807) is 0 Å². The Balaban J connectivity index is 2.65. The van der Waals surface area contributed by atoms with Crippen LogP contribution in [0, 0.1) is 0 Å². The number of aliphatic hydroxyl groups excluding tert-OH is 1. The number of likely N-dealkylation sites (N-methyl/N-ethyl adjacent to an activating group) is 2. The van der Waals surface area contributed by atoms with Crippen molar-refractivity contribution in [1.29, 1.82) is 0 Å². The van der Waals surface area contributed by atoms with Crippen LogP contribution in [0.4, 0.5) is 0 Å². The lowest BCUT2D eigenvalue weighted by atomic mass is 9.99. The summed E-state index contributed by atoms with van der Waals surface area (Å²) in [4.78, 5) is 4.41. The maximum Gasteiger partial charge on any atom is 0.0944 e. The van der Waals surface area contributed by atoms with Crippen molar-refractivity contribution in [2.24, 2.45) is 0 Å². The molecule has 0 aliphatic carbocycles. The highest BCUT2D eigenvalue weighted by Gasteiger charge is 2.22. The van der Waals surface area contributed by atoms with Crippen LogP contribution in [0.2, 0.25) is 0 Å². The van der Waals surface area contributed by atoms with Crippen LogP contribution < -0.4 is 0 Å². The molecule has 0 amide bonds. The van der Waals surface area contributed by atoms with Gasteiger partial charge in [-0.1, -0.05) is 37.3 Å². The first-order valence-corrected chi connectivity index (χ1v) is 6.64. The molecule has 0 spiro atoms. The van der Waals surface area contributed by atoms with Gasteiger partial charge in [0, 0.05) is 19.1 Å². The molecule has 0 saturated heterocycles. The molecule has 2 unspecified atom stereocenters. The summed E-state index contributed by atoms with van der Waals surface area (Å²) in [5, 5.41) is 10.5. The average Bonchev–Trinajstić information content (AvgIpc) is 2.38. The van der Waals surface area contributed by atoms with E-state index in [-0.39, 0.29) is 6.04 Å². The lowest BCUT2D eigenvalue weighted by molar-refractivity contribution is 0.0571. The molecule has 0 bridgehead atoms. The van der Waals surface area contributed by atoms with Gasteiger partial charge in [-0.3, -0.25) is 4.90 Å². The van der Waals surface area contributed by atoms with Crippen LogP contribution in [0.15, 0.2) is 30.3 Å². The molecular formula is C15H26N2O. The van der Waals surface area contributed by atoms with Gasteiger partial charge in [-0.2, -0.15) is 0 Å². The number of nitrogens with zero attached hydrogens (tertiary/aromatic N) is 2. The van der Waals surface area contributed by atoms with Crippen LogP contribution in [-0.4, -0.2) is 55.2 Å². The zero-order chi connectivity index (χ0) is 13.5. The van der Waals surface area contributed by atoms with Gasteiger partial charge in [0.2, 0.25) is 0 Å². The summed E-state index contributed by atoms with van der Waals surface area (Å²) in [5.41, 5.74) is 1.00. The quantitative estimate of drug-likeness (QED) is 0.802. The first-order valence-electron chi connectivity index (χ1n) is 6.64. The number of rotatable bonds is 7. The van der Waals surface area contributed by atoms with Gasteiger partial charge in [-0.05, 0) is 33.1 Å². The minimum absolute atomic E-state index is 0.173. The van der Waals surface area contributed by atoms with Gasteiger partial charge in [-0.25, -0.2) is 0 Å². The van der Waals surface area contributed by atoms with Crippen LogP contribution >= 0.6 is 0 Å². The van der Waals surface area contributed by atoms with E-state index in [4.69, 9.17) is 0 Å². The summed E-state index contributed by atoms with van der Waals surface area (Å²) in [7, 11) is 6.23. The molecule has 1 aromatic rings. The molecule has 1 aromatic carbocycles. The fraction of sp³-hybridized carbons (Fsp3) is 0.600. The monoisotopic (exact) mass is 250 g/mol. The maximum absolute atomic E-state index is 10.5. The molecule has 2 atom stereocenters. The Morgan fingerprint density at radius 3 is 2.17 bits per heavy atom. The molecule has 3 nitrogen and oxygen atoms in total. The summed E-state index contributed by atoms with van der Waals surface area (Å²) in [6.07, 6.45) is 0.531. The van der Waals surface area contributed by atoms with Gasteiger partial charge in [0.15, 0.2) is 0 Å². The van der Waals surface area contributed by atoms with Gasteiger partial charge in [-0.15, -0.1) is 0 Å². The third-order valence-electron chi connectivity index (χ3n) is 3.39. The normalized spacial score (nSPS) is 15.1. The smallest absolute Gasteiger partial charge is 0.0944 e. The van der Waals surface area contributed by atoms with Crippen molar-refractivity contribution in [3.63, 3.8) is 0 Å². The lowest BCUT2D eigenvalue weighted by Crippen LogP contribution is -2.40. The third-order valence-corrected chi connectivity index (χ3v) is 3.39. The third kappa shape index (κ3) is 4.41. The Labute approximate surface area is 111 Å². The predicted octanol–water partition coefficient (Wildman–Crippen LogP) is 1.99. The first-order chi connectivity index (χ1) is 8.56. The van der Waals surface area contributed by atoms with E-state index in [1.807, 2.05) is 30.3 Å². The van der Waals surface area contributed by atoms with Crippen LogP contribution in [0.1, 0.15) is 25.0 Å². The molecule has 1 N–H and O–H groups in total. The number of benzene rings is 1. The van der Waals surface area contributed by atoms with Crippen molar-refractivity contribution < 1.29 is 5.11 Å². The number of aliphatic hydroxyl groups is 1. The highest BCUT2D eigenvalue weighted by molar-refractivity contribution is 5.18. The largest absolute Gasteiger partial charge is 0.387 e. The number of hydrogen-bond acceptors (Lipinski definition) is 3. The second-order valence-electron chi connectivity index (χ2n) is 5.12. The molecular weight excluding hydrogens is 224 g/mol. The molecule has 18 heavy (non-hydrogen) atoms. The zero-order valence-corrected chi connectivity index (χ0v) is 12.0. The molecule has 0 heterocycles. The Morgan fingerprint density at radius 1 is 1.06 bits per heavy atom.